The zero-order chi connectivity index (χ0) is 12.3. The Hall–Kier alpha value is -1.30. The van der Waals surface area contributed by atoms with E-state index >= 15 is 0 Å². The highest BCUT2D eigenvalue weighted by Gasteiger charge is 2.30. The molecule has 0 bridgehead atoms. The summed E-state index contributed by atoms with van der Waals surface area (Å²) in [6.07, 6.45) is 4.96. The topological polar surface area (TPSA) is 71.1 Å². The van der Waals surface area contributed by atoms with E-state index in [0.29, 0.717) is 12.3 Å². The first-order chi connectivity index (χ1) is 8.12. The molecule has 1 aliphatic heterocycles. The lowest BCUT2D eigenvalue weighted by Gasteiger charge is -2.12. The molecule has 0 spiro atoms. The second kappa shape index (κ2) is 4.91. The molecule has 1 fully saturated rings. The summed E-state index contributed by atoms with van der Waals surface area (Å²) in [4.78, 5) is 4.06. The molecule has 2 heterocycles. The summed E-state index contributed by atoms with van der Waals surface area (Å²) in [6.45, 7) is 0.469. The van der Waals surface area contributed by atoms with Crippen LogP contribution in [-0.4, -0.2) is 38.0 Å². The van der Waals surface area contributed by atoms with Crippen molar-refractivity contribution in [3.63, 3.8) is 0 Å². The fourth-order valence-corrected chi connectivity index (χ4v) is 3.76. The molecule has 0 amide bonds. The van der Waals surface area contributed by atoms with E-state index < -0.39 is 9.84 Å². The third-order valence-electron chi connectivity index (χ3n) is 3.02. The van der Waals surface area contributed by atoms with Gasteiger partial charge in [0.25, 0.3) is 0 Å². The maximum atomic E-state index is 11.6. The average Bonchev–Trinajstić information content (AvgIpc) is 2.66. The molecule has 0 aromatic carbocycles. The smallest absolute Gasteiger partial charge is 0.154 e. The van der Waals surface area contributed by atoms with Crippen molar-refractivity contribution in [1.82, 2.24) is 4.98 Å². The SMILES string of the molecule is CNc1cncc(NCC2CCCS2(=O)=O)c1. The highest BCUT2D eigenvalue weighted by Crippen LogP contribution is 2.21. The molecule has 5 nitrogen and oxygen atoms in total. The van der Waals surface area contributed by atoms with Crippen LogP contribution in [0.25, 0.3) is 0 Å². The fraction of sp³-hybridized carbons (Fsp3) is 0.545. The molecule has 1 saturated heterocycles. The number of anilines is 2. The maximum Gasteiger partial charge on any atom is 0.154 e. The monoisotopic (exact) mass is 255 g/mol. The van der Waals surface area contributed by atoms with Crippen LogP contribution >= 0.6 is 0 Å². The fourth-order valence-electron chi connectivity index (χ4n) is 1.99. The molecular formula is C11H17N3O2S. The average molecular weight is 255 g/mol. The van der Waals surface area contributed by atoms with Gasteiger partial charge in [-0.05, 0) is 18.9 Å². The molecule has 94 valence electrons. The summed E-state index contributed by atoms with van der Waals surface area (Å²) in [7, 11) is -1.05. The molecule has 1 aliphatic rings. The zero-order valence-corrected chi connectivity index (χ0v) is 10.6. The van der Waals surface area contributed by atoms with E-state index in [2.05, 4.69) is 15.6 Å². The Labute approximate surface area is 102 Å². The Morgan fingerprint density at radius 1 is 1.41 bits per heavy atom. The quantitative estimate of drug-likeness (QED) is 0.843. The summed E-state index contributed by atoms with van der Waals surface area (Å²) in [5.41, 5.74) is 1.75. The lowest BCUT2D eigenvalue weighted by atomic mass is 10.2. The van der Waals surface area contributed by atoms with Gasteiger partial charge >= 0.3 is 0 Å². The molecule has 0 radical (unpaired) electrons. The third kappa shape index (κ3) is 2.88. The molecule has 1 unspecified atom stereocenters. The van der Waals surface area contributed by atoms with Crippen molar-refractivity contribution < 1.29 is 8.42 Å². The van der Waals surface area contributed by atoms with Gasteiger partial charge in [-0.1, -0.05) is 0 Å². The standard InChI is InChI=1S/C11H17N3O2S/c1-12-9-5-10(7-13-6-9)14-8-11-3-2-4-17(11,15)16/h5-7,11-12,14H,2-4,8H2,1H3. The van der Waals surface area contributed by atoms with Gasteiger partial charge in [-0.25, -0.2) is 8.42 Å². The second-order valence-corrected chi connectivity index (χ2v) is 6.63. The van der Waals surface area contributed by atoms with Crippen molar-refractivity contribution in [2.75, 3.05) is 30.0 Å². The number of nitrogens with zero attached hydrogens (tertiary/aromatic N) is 1. The number of hydrogen-bond donors (Lipinski definition) is 2. The van der Waals surface area contributed by atoms with Crippen molar-refractivity contribution >= 4 is 21.2 Å². The maximum absolute atomic E-state index is 11.6. The normalized spacial score (nSPS) is 22.3. The lowest BCUT2D eigenvalue weighted by Crippen LogP contribution is -2.25. The van der Waals surface area contributed by atoms with Gasteiger partial charge in [0, 0.05) is 13.6 Å². The number of pyridine rings is 1. The molecule has 1 aromatic heterocycles. The predicted molar refractivity (Wildman–Crippen MR) is 69.1 cm³/mol. The van der Waals surface area contributed by atoms with Crippen LogP contribution in [-0.2, 0) is 9.84 Å². The lowest BCUT2D eigenvalue weighted by molar-refractivity contribution is 0.591. The number of hydrogen-bond acceptors (Lipinski definition) is 5. The Morgan fingerprint density at radius 3 is 2.82 bits per heavy atom. The first kappa shape index (κ1) is 12.2. The van der Waals surface area contributed by atoms with E-state index in [9.17, 15) is 8.42 Å². The van der Waals surface area contributed by atoms with Gasteiger partial charge in [0.1, 0.15) is 0 Å². The van der Waals surface area contributed by atoms with Crippen molar-refractivity contribution in [1.29, 1.82) is 0 Å². The highest BCUT2D eigenvalue weighted by atomic mass is 32.2. The second-order valence-electron chi connectivity index (χ2n) is 4.22. The van der Waals surface area contributed by atoms with Crippen LogP contribution in [0.1, 0.15) is 12.8 Å². The Kier molecular flexibility index (Phi) is 3.51. The van der Waals surface area contributed by atoms with E-state index in [0.717, 1.165) is 24.2 Å². The van der Waals surface area contributed by atoms with E-state index in [1.807, 2.05) is 13.1 Å². The van der Waals surface area contributed by atoms with Gasteiger partial charge in [0.05, 0.1) is 34.8 Å². The van der Waals surface area contributed by atoms with Crippen LogP contribution in [0.4, 0.5) is 11.4 Å². The van der Waals surface area contributed by atoms with E-state index in [-0.39, 0.29) is 5.25 Å². The van der Waals surface area contributed by atoms with Crippen LogP contribution in [0.2, 0.25) is 0 Å². The molecule has 1 aromatic rings. The minimum absolute atomic E-state index is 0.249. The number of rotatable bonds is 4. The van der Waals surface area contributed by atoms with Crippen molar-refractivity contribution in [3.05, 3.63) is 18.5 Å². The summed E-state index contributed by atoms with van der Waals surface area (Å²) < 4.78 is 23.3. The molecule has 1 atom stereocenters. The number of aromatic nitrogens is 1. The minimum atomic E-state index is -2.87. The largest absolute Gasteiger partial charge is 0.387 e. The van der Waals surface area contributed by atoms with Gasteiger partial charge < -0.3 is 10.6 Å². The van der Waals surface area contributed by atoms with Crippen LogP contribution in [0.3, 0.4) is 0 Å². The van der Waals surface area contributed by atoms with Crippen molar-refractivity contribution in [2.45, 2.75) is 18.1 Å². The van der Waals surface area contributed by atoms with Crippen LogP contribution < -0.4 is 10.6 Å². The van der Waals surface area contributed by atoms with Crippen LogP contribution in [0.15, 0.2) is 18.5 Å². The highest BCUT2D eigenvalue weighted by molar-refractivity contribution is 7.92. The van der Waals surface area contributed by atoms with Gasteiger partial charge in [-0.15, -0.1) is 0 Å². The van der Waals surface area contributed by atoms with Gasteiger partial charge in [0.15, 0.2) is 9.84 Å². The van der Waals surface area contributed by atoms with Crippen LogP contribution in [0.5, 0.6) is 0 Å². The van der Waals surface area contributed by atoms with Gasteiger partial charge in [-0.3, -0.25) is 4.98 Å². The van der Waals surface area contributed by atoms with E-state index in [1.165, 1.54) is 0 Å². The molecule has 6 heteroatoms. The summed E-state index contributed by atoms with van der Waals surface area (Å²) in [5.74, 6) is 0.328. The molecule has 0 saturated carbocycles. The van der Waals surface area contributed by atoms with Crippen molar-refractivity contribution in [3.8, 4) is 0 Å². The first-order valence-corrected chi connectivity index (χ1v) is 7.41. The van der Waals surface area contributed by atoms with Gasteiger partial charge in [-0.2, -0.15) is 0 Å². The van der Waals surface area contributed by atoms with E-state index in [4.69, 9.17) is 0 Å². The Balaban J connectivity index is 1.98. The van der Waals surface area contributed by atoms with Gasteiger partial charge in [0.2, 0.25) is 0 Å². The molecular weight excluding hydrogens is 238 g/mol. The molecule has 0 aliphatic carbocycles. The first-order valence-electron chi connectivity index (χ1n) is 5.70. The molecule has 2 N–H and O–H groups in total. The number of sulfone groups is 1. The van der Waals surface area contributed by atoms with Crippen molar-refractivity contribution in [2.24, 2.45) is 0 Å². The molecule has 2 rings (SSSR count). The van der Waals surface area contributed by atoms with Crippen LogP contribution in [0, 0.1) is 0 Å². The van der Waals surface area contributed by atoms with E-state index in [1.54, 1.807) is 12.4 Å². The predicted octanol–water partition coefficient (Wildman–Crippen LogP) is 1.11. The zero-order valence-electron chi connectivity index (χ0n) is 9.81. The third-order valence-corrected chi connectivity index (χ3v) is 5.30. The number of nitrogens with one attached hydrogen (secondary N) is 2. The Bertz CT molecular complexity index is 487. The summed E-state index contributed by atoms with van der Waals surface area (Å²) in [6, 6.07) is 1.91. The Morgan fingerprint density at radius 2 is 2.18 bits per heavy atom. The minimum Gasteiger partial charge on any atom is -0.387 e. The molecule has 17 heavy (non-hydrogen) atoms. The summed E-state index contributed by atoms with van der Waals surface area (Å²) in [5, 5.41) is 5.88. The summed E-state index contributed by atoms with van der Waals surface area (Å²) >= 11 is 0.